The summed E-state index contributed by atoms with van der Waals surface area (Å²) < 4.78 is 5.54. The standard InChI is InChI=1S/C13H26N2O/c1-11-6-14-7-13(11)9-15(2)8-12-4-3-5-16-10-12/h11-14H,3-10H2,1-2H3/t11-,12?,13+/m1/s1. The molecule has 94 valence electrons. The number of rotatable bonds is 4. The highest BCUT2D eigenvalue weighted by molar-refractivity contribution is 4.80. The van der Waals surface area contributed by atoms with Crippen LogP contribution in [0, 0.1) is 17.8 Å². The topological polar surface area (TPSA) is 24.5 Å². The second-order valence-corrected chi connectivity index (χ2v) is 5.70. The Morgan fingerprint density at radius 2 is 2.19 bits per heavy atom. The maximum Gasteiger partial charge on any atom is 0.0506 e. The first kappa shape index (κ1) is 12.3. The summed E-state index contributed by atoms with van der Waals surface area (Å²) in [7, 11) is 2.26. The minimum absolute atomic E-state index is 0.767. The average molecular weight is 226 g/mol. The second-order valence-electron chi connectivity index (χ2n) is 5.70. The highest BCUT2D eigenvalue weighted by Crippen LogP contribution is 2.19. The summed E-state index contributed by atoms with van der Waals surface area (Å²) >= 11 is 0. The van der Waals surface area contributed by atoms with Crippen LogP contribution in [0.1, 0.15) is 19.8 Å². The summed E-state index contributed by atoms with van der Waals surface area (Å²) in [6.07, 6.45) is 2.60. The van der Waals surface area contributed by atoms with E-state index in [9.17, 15) is 0 Å². The van der Waals surface area contributed by atoms with E-state index in [1.54, 1.807) is 0 Å². The largest absolute Gasteiger partial charge is 0.381 e. The van der Waals surface area contributed by atoms with Crippen molar-refractivity contribution >= 4 is 0 Å². The van der Waals surface area contributed by atoms with Crippen LogP contribution in [0.5, 0.6) is 0 Å². The Kier molecular flexibility index (Phi) is 4.62. The Labute approximate surface area is 99.5 Å². The van der Waals surface area contributed by atoms with Crippen LogP contribution in [-0.2, 0) is 4.74 Å². The predicted octanol–water partition coefficient (Wildman–Crippen LogP) is 1.20. The lowest BCUT2D eigenvalue weighted by Crippen LogP contribution is -2.35. The molecule has 3 atom stereocenters. The van der Waals surface area contributed by atoms with Crippen molar-refractivity contribution in [2.75, 3.05) is 46.4 Å². The minimum Gasteiger partial charge on any atom is -0.381 e. The zero-order valence-electron chi connectivity index (χ0n) is 10.7. The van der Waals surface area contributed by atoms with Gasteiger partial charge in [0.25, 0.3) is 0 Å². The van der Waals surface area contributed by atoms with Crippen LogP contribution in [0.2, 0.25) is 0 Å². The van der Waals surface area contributed by atoms with Gasteiger partial charge in [0.15, 0.2) is 0 Å². The van der Waals surface area contributed by atoms with E-state index in [0.29, 0.717) is 0 Å². The lowest BCUT2D eigenvalue weighted by atomic mass is 9.96. The normalized spacial score (nSPS) is 35.8. The fourth-order valence-electron chi connectivity index (χ4n) is 2.98. The lowest BCUT2D eigenvalue weighted by Gasteiger charge is -2.29. The molecule has 0 bridgehead atoms. The molecule has 0 aromatic rings. The highest BCUT2D eigenvalue weighted by atomic mass is 16.5. The maximum absolute atomic E-state index is 5.54. The van der Waals surface area contributed by atoms with E-state index >= 15 is 0 Å². The van der Waals surface area contributed by atoms with Gasteiger partial charge in [-0.25, -0.2) is 0 Å². The van der Waals surface area contributed by atoms with Gasteiger partial charge in [0.2, 0.25) is 0 Å². The third kappa shape index (κ3) is 3.44. The molecule has 3 heteroatoms. The number of hydrogen-bond donors (Lipinski definition) is 1. The predicted molar refractivity (Wildman–Crippen MR) is 66.6 cm³/mol. The third-order valence-electron chi connectivity index (χ3n) is 4.05. The molecule has 1 N–H and O–H groups in total. The minimum atomic E-state index is 0.767. The lowest BCUT2D eigenvalue weighted by molar-refractivity contribution is 0.0398. The van der Waals surface area contributed by atoms with Gasteiger partial charge in [-0.15, -0.1) is 0 Å². The van der Waals surface area contributed by atoms with Crippen LogP contribution in [0.4, 0.5) is 0 Å². The monoisotopic (exact) mass is 226 g/mol. The van der Waals surface area contributed by atoms with Gasteiger partial charge in [-0.1, -0.05) is 6.92 Å². The molecule has 0 aliphatic carbocycles. The van der Waals surface area contributed by atoms with Crippen molar-refractivity contribution in [3.63, 3.8) is 0 Å². The number of ether oxygens (including phenoxy) is 1. The molecular formula is C13H26N2O. The molecule has 2 aliphatic rings. The van der Waals surface area contributed by atoms with E-state index in [1.165, 1.54) is 39.0 Å². The third-order valence-corrected chi connectivity index (χ3v) is 4.05. The molecule has 2 saturated heterocycles. The van der Waals surface area contributed by atoms with E-state index in [4.69, 9.17) is 4.74 Å². The molecule has 0 aromatic heterocycles. The van der Waals surface area contributed by atoms with E-state index in [2.05, 4.69) is 24.2 Å². The van der Waals surface area contributed by atoms with Crippen LogP contribution >= 0.6 is 0 Å². The summed E-state index contributed by atoms with van der Waals surface area (Å²) in [4.78, 5) is 2.51. The van der Waals surface area contributed by atoms with Crippen LogP contribution in [0.15, 0.2) is 0 Å². The number of nitrogens with one attached hydrogen (secondary N) is 1. The van der Waals surface area contributed by atoms with Crippen molar-refractivity contribution in [2.24, 2.45) is 17.8 Å². The Bertz CT molecular complexity index is 204. The van der Waals surface area contributed by atoms with Crippen LogP contribution in [-0.4, -0.2) is 51.3 Å². The number of nitrogens with zero attached hydrogens (tertiary/aromatic N) is 1. The van der Waals surface area contributed by atoms with E-state index in [0.717, 1.165) is 31.0 Å². The van der Waals surface area contributed by atoms with Gasteiger partial charge in [0.05, 0.1) is 6.61 Å². The average Bonchev–Trinajstić information content (AvgIpc) is 2.66. The molecule has 0 saturated carbocycles. The van der Waals surface area contributed by atoms with E-state index in [1.807, 2.05) is 0 Å². The molecule has 16 heavy (non-hydrogen) atoms. The zero-order chi connectivity index (χ0) is 11.4. The second kappa shape index (κ2) is 5.99. The molecular weight excluding hydrogens is 200 g/mol. The zero-order valence-corrected chi connectivity index (χ0v) is 10.7. The van der Waals surface area contributed by atoms with Crippen molar-refractivity contribution in [1.29, 1.82) is 0 Å². The fourth-order valence-corrected chi connectivity index (χ4v) is 2.98. The first-order chi connectivity index (χ1) is 7.75. The van der Waals surface area contributed by atoms with Crippen LogP contribution in [0.3, 0.4) is 0 Å². The molecule has 3 nitrogen and oxygen atoms in total. The van der Waals surface area contributed by atoms with Gasteiger partial charge in [-0.3, -0.25) is 0 Å². The van der Waals surface area contributed by atoms with Gasteiger partial charge < -0.3 is 15.0 Å². The summed E-state index contributed by atoms with van der Waals surface area (Å²) in [5.41, 5.74) is 0. The molecule has 1 unspecified atom stereocenters. The van der Waals surface area contributed by atoms with Gasteiger partial charge in [0.1, 0.15) is 0 Å². The highest BCUT2D eigenvalue weighted by Gasteiger charge is 2.25. The maximum atomic E-state index is 5.54. The van der Waals surface area contributed by atoms with Crippen molar-refractivity contribution < 1.29 is 4.74 Å². The first-order valence-electron chi connectivity index (χ1n) is 6.72. The van der Waals surface area contributed by atoms with Gasteiger partial charge in [-0.05, 0) is 50.7 Å². The molecule has 2 rings (SSSR count). The van der Waals surface area contributed by atoms with Crippen LogP contribution < -0.4 is 5.32 Å². The summed E-state index contributed by atoms with van der Waals surface area (Å²) in [5.74, 6) is 2.45. The van der Waals surface area contributed by atoms with E-state index < -0.39 is 0 Å². The Morgan fingerprint density at radius 1 is 1.31 bits per heavy atom. The molecule has 2 heterocycles. The van der Waals surface area contributed by atoms with Crippen LogP contribution in [0.25, 0.3) is 0 Å². The molecule has 2 aliphatic heterocycles. The number of hydrogen-bond acceptors (Lipinski definition) is 3. The first-order valence-corrected chi connectivity index (χ1v) is 6.72. The van der Waals surface area contributed by atoms with Crippen molar-refractivity contribution in [1.82, 2.24) is 10.2 Å². The SMILES string of the molecule is C[C@@H]1CNC[C@H]1CN(C)CC1CCCOC1. The van der Waals surface area contributed by atoms with Gasteiger partial charge >= 0.3 is 0 Å². The van der Waals surface area contributed by atoms with Crippen molar-refractivity contribution in [3.8, 4) is 0 Å². The Balaban J connectivity index is 1.68. The smallest absolute Gasteiger partial charge is 0.0506 e. The fraction of sp³-hybridized carbons (Fsp3) is 1.00. The van der Waals surface area contributed by atoms with Gasteiger partial charge in [0, 0.05) is 19.7 Å². The molecule has 0 amide bonds. The van der Waals surface area contributed by atoms with E-state index in [-0.39, 0.29) is 0 Å². The Morgan fingerprint density at radius 3 is 2.81 bits per heavy atom. The summed E-state index contributed by atoms with van der Waals surface area (Å²) in [6, 6.07) is 0. The molecule has 0 spiro atoms. The van der Waals surface area contributed by atoms with Crippen molar-refractivity contribution in [3.05, 3.63) is 0 Å². The quantitative estimate of drug-likeness (QED) is 0.779. The molecule has 2 fully saturated rings. The summed E-state index contributed by atoms with van der Waals surface area (Å²) in [5, 5.41) is 3.48. The summed E-state index contributed by atoms with van der Waals surface area (Å²) in [6.45, 7) is 9.17. The molecule has 0 aromatic carbocycles. The van der Waals surface area contributed by atoms with Crippen molar-refractivity contribution in [2.45, 2.75) is 19.8 Å². The molecule has 0 radical (unpaired) electrons. The van der Waals surface area contributed by atoms with Gasteiger partial charge in [-0.2, -0.15) is 0 Å². The Hall–Kier alpha value is -0.120.